The zero-order chi connectivity index (χ0) is 14.4. The number of nitrogens with zero attached hydrogens (tertiary/aromatic N) is 1. The number of aliphatic hydroxyl groups excluding tert-OH is 1. The second-order valence-electron chi connectivity index (χ2n) is 5.38. The first kappa shape index (κ1) is 16.3. The molecule has 1 aromatic carbocycles. The van der Waals surface area contributed by atoms with Crippen molar-refractivity contribution in [1.29, 1.82) is 0 Å². The van der Waals surface area contributed by atoms with Crippen molar-refractivity contribution in [2.24, 2.45) is 0 Å². The molecule has 1 unspecified atom stereocenters. The van der Waals surface area contributed by atoms with Gasteiger partial charge in [0.1, 0.15) is 0 Å². The minimum absolute atomic E-state index is 0.423. The van der Waals surface area contributed by atoms with Crippen LogP contribution < -0.4 is 4.90 Å². The largest absolute Gasteiger partial charge is 0.389 e. The minimum atomic E-state index is -0.473. The zero-order valence-corrected chi connectivity index (χ0v) is 13.2. The van der Waals surface area contributed by atoms with Gasteiger partial charge in [0.05, 0.1) is 16.8 Å². The maximum atomic E-state index is 9.59. The third-order valence-electron chi connectivity index (χ3n) is 3.39. The van der Waals surface area contributed by atoms with Crippen LogP contribution in [-0.4, -0.2) is 17.7 Å². The second kappa shape index (κ2) is 7.76. The summed E-state index contributed by atoms with van der Waals surface area (Å²) in [5, 5.41) is 10.3. The molecule has 0 amide bonds. The molecule has 1 atom stereocenters. The number of hydrogen-bond donors (Lipinski definition) is 1. The molecular formula is C16H26ClNO. The highest BCUT2D eigenvalue weighted by atomic mass is 35.5. The molecule has 0 aliphatic carbocycles. The van der Waals surface area contributed by atoms with Gasteiger partial charge in [-0.1, -0.05) is 37.4 Å². The van der Waals surface area contributed by atoms with Gasteiger partial charge in [0.15, 0.2) is 0 Å². The van der Waals surface area contributed by atoms with Crippen LogP contribution in [0.15, 0.2) is 18.2 Å². The molecule has 0 fully saturated rings. The minimum Gasteiger partial charge on any atom is -0.389 e. The Hall–Kier alpha value is -0.730. The molecule has 0 radical (unpaired) electrons. The molecule has 0 saturated heterocycles. The van der Waals surface area contributed by atoms with Gasteiger partial charge in [-0.2, -0.15) is 0 Å². The molecule has 0 aromatic heterocycles. The molecule has 108 valence electrons. The van der Waals surface area contributed by atoms with E-state index < -0.39 is 6.10 Å². The Bertz CT molecular complexity index is 390. The summed E-state index contributed by atoms with van der Waals surface area (Å²) < 4.78 is 0. The lowest BCUT2D eigenvalue weighted by molar-refractivity contribution is 0.199. The van der Waals surface area contributed by atoms with Gasteiger partial charge in [0.2, 0.25) is 0 Å². The third kappa shape index (κ3) is 4.70. The van der Waals surface area contributed by atoms with Crippen LogP contribution in [0, 0.1) is 0 Å². The molecule has 0 heterocycles. The topological polar surface area (TPSA) is 23.5 Å². The highest BCUT2D eigenvalue weighted by molar-refractivity contribution is 6.33. The molecule has 3 heteroatoms. The van der Waals surface area contributed by atoms with E-state index in [2.05, 4.69) is 25.7 Å². The summed E-state index contributed by atoms with van der Waals surface area (Å²) in [6.45, 7) is 9.37. The van der Waals surface area contributed by atoms with E-state index in [0.717, 1.165) is 22.8 Å². The summed E-state index contributed by atoms with van der Waals surface area (Å²) in [6, 6.07) is 6.28. The van der Waals surface area contributed by atoms with E-state index in [9.17, 15) is 5.11 Å². The molecule has 1 N–H and O–H groups in total. The Morgan fingerprint density at radius 1 is 1.21 bits per heavy atom. The predicted molar refractivity (Wildman–Crippen MR) is 84.1 cm³/mol. The number of rotatable bonds is 7. The molecule has 0 aliphatic heterocycles. The van der Waals surface area contributed by atoms with E-state index in [0.29, 0.717) is 6.04 Å². The summed E-state index contributed by atoms with van der Waals surface area (Å²) in [6.07, 6.45) is 3.18. The van der Waals surface area contributed by atoms with Crippen LogP contribution >= 0.6 is 11.6 Å². The van der Waals surface area contributed by atoms with Crippen molar-refractivity contribution in [1.82, 2.24) is 0 Å². The molecular weight excluding hydrogens is 258 g/mol. The monoisotopic (exact) mass is 283 g/mol. The standard InChI is InChI=1S/C16H26ClNO/c1-5-6-7-10-18(12(2)3)16-9-8-14(13(4)19)11-15(16)17/h8-9,11-13,19H,5-7,10H2,1-4H3. The summed E-state index contributed by atoms with van der Waals surface area (Å²) in [5.41, 5.74) is 1.93. The number of anilines is 1. The third-order valence-corrected chi connectivity index (χ3v) is 3.69. The van der Waals surface area contributed by atoms with Crippen LogP contribution in [0.1, 0.15) is 58.6 Å². The van der Waals surface area contributed by atoms with Gasteiger partial charge in [-0.15, -0.1) is 0 Å². The van der Waals surface area contributed by atoms with Crippen LogP contribution in [0.3, 0.4) is 0 Å². The molecule has 19 heavy (non-hydrogen) atoms. The molecule has 0 saturated carbocycles. The SMILES string of the molecule is CCCCCN(c1ccc(C(C)O)cc1Cl)C(C)C. The molecule has 2 nitrogen and oxygen atoms in total. The number of unbranched alkanes of at least 4 members (excludes halogenated alkanes) is 2. The van der Waals surface area contributed by atoms with Crippen LogP contribution in [0.5, 0.6) is 0 Å². The van der Waals surface area contributed by atoms with Crippen LogP contribution in [-0.2, 0) is 0 Å². The van der Waals surface area contributed by atoms with Crippen molar-refractivity contribution < 1.29 is 5.11 Å². The molecule has 1 aromatic rings. The first-order valence-corrected chi connectivity index (χ1v) is 7.59. The van der Waals surface area contributed by atoms with Gasteiger partial charge in [-0.05, 0) is 44.9 Å². The summed E-state index contributed by atoms with van der Waals surface area (Å²) in [7, 11) is 0. The normalized spacial score (nSPS) is 12.8. The zero-order valence-electron chi connectivity index (χ0n) is 12.5. The number of benzene rings is 1. The van der Waals surface area contributed by atoms with Crippen molar-refractivity contribution in [2.45, 2.75) is 59.1 Å². The lowest BCUT2D eigenvalue weighted by Gasteiger charge is -2.30. The summed E-state index contributed by atoms with van der Waals surface area (Å²) in [5.74, 6) is 0. The fourth-order valence-corrected chi connectivity index (χ4v) is 2.50. The number of hydrogen-bond acceptors (Lipinski definition) is 2. The smallest absolute Gasteiger partial charge is 0.0762 e. The number of aliphatic hydroxyl groups is 1. The highest BCUT2D eigenvalue weighted by Gasteiger charge is 2.14. The molecule has 0 spiro atoms. The van der Waals surface area contributed by atoms with Crippen LogP contribution in [0.2, 0.25) is 5.02 Å². The lowest BCUT2D eigenvalue weighted by Crippen LogP contribution is -2.32. The maximum absolute atomic E-state index is 9.59. The molecule has 1 rings (SSSR count). The van der Waals surface area contributed by atoms with E-state index in [-0.39, 0.29) is 0 Å². The van der Waals surface area contributed by atoms with E-state index in [1.54, 1.807) is 6.92 Å². The van der Waals surface area contributed by atoms with E-state index in [1.807, 2.05) is 18.2 Å². The van der Waals surface area contributed by atoms with Gasteiger partial charge in [0.25, 0.3) is 0 Å². The van der Waals surface area contributed by atoms with Crippen LogP contribution in [0.25, 0.3) is 0 Å². The van der Waals surface area contributed by atoms with Gasteiger partial charge in [0, 0.05) is 12.6 Å². The Balaban J connectivity index is 2.90. The average Bonchev–Trinajstić information content (AvgIpc) is 2.35. The van der Waals surface area contributed by atoms with E-state index >= 15 is 0 Å². The van der Waals surface area contributed by atoms with Crippen molar-refractivity contribution >= 4 is 17.3 Å². The van der Waals surface area contributed by atoms with E-state index in [1.165, 1.54) is 19.3 Å². The Labute approximate surface area is 122 Å². The quantitative estimate of drug-likeness (QED) is 0.727. The van der Waals surface area contributed by atoms with Gasteiger partial charge in [-0.25, -0.2) is 0 Å². The van der Waals surface area contributed by atoms with Crippen molar-refractivity contribution in [3.8, 4) is 0 Å². The first-order valence-electron chi connectivity index (χ1n) is 7.21. The fourth-order valence-electron chi connectivity index (χ4n) is 2.20. The van der Waals surface area contributed by atoms with Crippen molar-refractivity contribution in [3.63, 3.8) is 0 Å². The Morgan fingerprint density at radius 2 is 1.89 bits per heavy atom. The predicted octanol–water partition coefficient (Wildman–Crippen LogP) is 4.80. The fraction of sp³-hybridized carbons (Fsp3) is 0.625. The van der Waals surface area contributed by atoms with Gasteiger partial charge < -0.3 is 10.0 Å². The highest BCUT2D eigenvalue weighted by Crippen LogP contribution is 2.30. The summed E-state index contributed by atoms with van der Waals surface area (Å²) in [4.78, 5) is 2.34. The molecule has 0 bridgehead atoms. The number of halogens is 1. The summed E-state index contributed by atoms with van der Waals surface area (Å²) >= 11 is 6.37. The average molecular weight is 284 g/mol. The van der Waals surface area contributed by atoms with Gasteiger partial charge in [-0.3, -0.25) is 0 Å². The van der Waals surface area contributed by atoms with E-state index in [4.69, 9.17) is 11.6 Å². The lowest BCUT2D eigenvalue weighted by atomic mass is 10.1. The molecule has 0 aliphatic rings. The van der Waals surface area contributed by atoms with Gasteiger partial charge >= 0.3 is 0 Å². The van der Waals surface area contributed by atoms with Crippen molar-refractivity contribution in [2.75, 3.05) is 11.4 Å². The van der Waals surface area contributed by atoms with Crippen molar-refractivity contribution in [3.05, 3.63) is 28.8 Å². The Morgan fingerprint density at radius 3 is 2.37 bits per heavy atom. The maximum Gasteiger partial charge on any atom is 0.0762 e. The first-order chi connectivity index (χ1) is 8.97. The second-order valence-corrected chi connectivity index (χ2v) is 5.79. The van der Waals surface area contributed by atoms with Crippen LogP contribution in [0.4, 0.5) is 5.69 Å². The Kier molecular flexibility index (Phi) is 6.67.